The van der Waals surface area contributed by atoms with Gasteiger partial charge in [-0.05, 0) is 54.4 Å². The Morgan fingerprint density at radius 2 is 2.11 bits per heavy atom. The van der Waals surface area contributed by atoms with E-state index in [9.17, 15) is 14.7 Å². The summed E-state index contributed by atoms with van der Waals surface area (Å²) in [5.74, 6) is -0.170. The Bertz CT molecular complexity index is 1660. The lowest BCUT2D eigenvalue weighted by Gasteiger charge is -2.19. The van der Waals surface area contributed by atoms with E-state index >= 15 is 0 Å². The molecular formula is C26H23BrN6O4. The molecular weight excluding hydrogens is 540 g/mol. The number of aryl methyl sites for hydroxylation is 1. The molecule has 0 unspecified atom stereocenters. The average Bonchev–Trinajstić information content (AvgIpc) is 3.54. The highest BCUT2D eigenvalue weighted by Crippen LogP contribution is 2.29. The highest BCUT2D eigenvalue weighted by molar-refractivity contribution is 9.10. The molecule has 3 heterocycles. The summed E-state index contributed by atoms with van der Waals surface area (Å²) in [6, 6.07) is 9.90. The Kier molecular flexibility index (Phi) is 6.53. The van der Waals surface area contributed by atoms with Gasteiger partial charge in [0.05, 0.1) is 30.2 Å². The van der Waals surface area contributed by atoms with Gasteiger partial charge in [-0.25, -0.2) is 14.8 Å². The van der Waals surface area contributed by atoms with Crippen molar-refractivity contribution >= 4 is 38.6 Å². The summed E-state index contributed by atoms with van der Waals surface area (Å²) in [5, 5.41) is 13.0. The first kappa shape index (κ1) is 24.3. The average molecular weight is 563 g/mol. The highest BCUT2D eigenvalue weighted by Gasteiger charge is 2.24. The van der Waals surface area contributed by atoms with E-state index in [2.05, 4.69) is 41.2 Å². The van der Waals surface area contributed by atoms with Crippen LogP contribution in [0.15, 0.2) is 70.6 Å². The lowest BCUT2D eigenvalue weighted by Crippen LogP contribution is -2.32. The summed E-state index contributed by atoms with van der Waals surface area (Å²) in [7, 11) is 1.53. The van der Waals surface area contributed by atoms with Crippen molar-refractivity contribution in [2.45, 2.75) is 19.4 Å². The molecule has 4 N–H and O–H groups in total. The molecule has 10 nitrogen and oxygen atoms in total. The number of carboxylic acids is 1. The third-order valence-electron chi connectivity index (χ3n) is 6.06. The summed E-state index contributed by atoms with van der Waals surface area (Å²) < 4.78 is 8.09. The van der Waals surface area contributed by atoms with E-state index in [-0.39, 0.29) is 12.0 Å². The smallest absolute Gasteiger partial charge is 0.326 e. The Hall–Kier alpha value is -4.38. The summed E-state index contributed by atoms with van der Waals surface area (Å²) in [5.41, 5.74) is 4.12. The molecule has 0 saturated heterocycles. The van der Waals surface area contributed by atoms with Crippen LogP contribution in [-0.4, -0.2) is 48.7 Å². The number of carbonyl (C=O) groups is 1. The molecule has 0 aliphatic heterocycles. The first-order valence-electron chi connectivity index (χ1n) is 11.4. The lowest BCUT2D eigenvalue weighted by atomic mass is 10.0. The number of hydrogen-bond donors (Lipinski definition) is 4. The molecule has 11 heteroatoms. The van der Waals surface area contributed by atoms with Gasteiger partial charge in [0.25, 0.3) is 5.56 Å². The van der Waals surface area contributed by atoms with E-state index in [1.54, 1.807) is 24.7 Å². The number of nitrogens with one attached hydrogen (secondary N) is 3. The van der Waals surface area contributed by atoms with Gasteiger partial charge in [0.2, 0.25) is 0 Å². The van der Waals surface area contributed by atoms with Gasteiger partial charge in [0.15, 0.2) is 0 Å². The second-order valence-corrected chi connectivity index (χ2v) is 9.42. The fourth-order valence-corrected chi connectivity index (χ4v) is 4.71. The zero-order valence-corrected chi connectivity index (χ0v) is 21.5. The number of halogens is 1. The second-order valence-electron chi connectivity index (χ2n) is 8.51. The number of nitrogens with zero attached hydrogens (tertiary/aromatic N) is 3. The standard InChI is InChI=1S/C26H23BrN6O4/c1-14-9-17(33-8-7-28-13-33)12-19-23(14)32-24(31-19)22-18(5-6-29-25(22)34)30-20(26(35)36)11-15-10-16(27)3-4-21(15)37-2/h3-10,12-13,20H,11H2,1-2H3,(H,31,32)(H,35,36)(H2,29,30,34)/t20-/m0/s1. The zero-order chi connectivity index (χ0) is 26.1. The van der Waals surface area contributed by atoms with Gasteiger partial charge in [0, 0.05) is 35.2 Å². The van der Waals surface area contributed by atoms with Crippen LogP contribution >= 0.6 is 15.9 Å². The molecule has 0 spiro atoms. The maximum Gasteiger partial charge on any atom is 0.326 e. The van der Waals surface area contributed by atoms with E-state index in [1.165, 1.54) is 13.3 Å². The van der Waals surface area contributed by atoms with Crippen molar-refractivity contribution in [1.82, 2.24) is 24.5 Å². The number of H-pyrrole nitrogens is 2. The van der Waals surface area contributed by atoms with E-state index in [0.717, 1.165) is 21.2 Å². The maximum absolute atomic E-state index is 13.0. The fraction of sp³-hybridized carbons (Fsp3) is 0.154. The molecule has 0 fully saturated rings. The number of methoxy groups -OCH3 is 1. The van der Waals surface area contributed by atoms with Crippen molar-refractivity contribution in [3.63, 3.8) is 0 Å². The number of carboxylic acid groups (broad SMARTS) is 1. The van der Waals surface area contributed by atoms with Crippen LogP contribution < -0.4 is 15.6 Å². The lowest BCUT2D eigenvalue weighted by molar-refractivity contribution is -0.137. The van der Waals surface area contributed by atoms with E-state index < -0.39 is 17.6 Å². The molecule has 0 bridgehead atoms. The normalized spacial score (nSPS) is 12.0. The maximum atomic E-state index is 13.0. The number of fused-ring (bicyclic) bond motifs is 1. The van der Waals surface area contributed by atoms with Crippen molar-refractivity contribution in [2.75, 3.05) is 12.4 Å². The third kappa shape index (κ3) is 4.85. The highest BCUT2D eigenvalue weighted by atomic mass is 79.9. The molecule has 188 valence electrons. The molecule has 1 atom stereocenters. The largest absolute Gasteiger partial charge is 0.496 e. The number of benzene rings is 2. The molecule has 0 aliphatic rings. The van der Waals surface area contributed by atoms with Crippen LogP contribution in [0.2, 0.25) is 0 Å². The van der Waals surface area contributed by atoms with Crippen LogP contribution in [0.4, 0.5) is 5.69 Å². The number of hydrogen-bond acceptors (Lipinski definition) is 6. The van der Waals surface area contributed by atoms with Gasteiger partial charge in [-0.2, -0.15) is 0 Å². The van der Waals surface area contributed by atoms with E-state index in [1.807, 2.05) is 42.0 Å². The summed E-state index contributed by atoms with van der Waals surface area (Å²) >= 11 is 3.42. The molecule has 0 radical (unpaired) electrons. The number of aromatic nitrogens is 5. The Balaban J connectivity index is 1.54. The summed E-state index contributed by atoms with van der Waals surface area (Å²) in [4.78, 5) is 39.9. The van der Waals surface area contributed by atoms with E-state index in [0.29, 0.717) is 28.3 Å². The van der Waals surface area contributed by atoms with Gasteiger partial charge in [-0.1, -0.05) is 15.9 Å². The van der Waals surface area contributed by atoms with Gasteiger partial charge in [-0.3, -0.25) is 4.79 Å². The van der Waals surface area contributed by atoms with Crippen LogP contribution in [0, 0.1) is 6.92 Å². The van der Waals surface area contributed by atoms with Crippen LogP contribution in [0.5, 0.6) is 5.75 Å². The molecule has 2 aromatic carbocycles. The monoisotopic (exact) mass is 562 g/mol. The van der Waals surface area contributed by atoms with Crippen LogP contribution in [0.1, 0.15) is 11.1 Å². The van der Waals surface area contributed by atoms with Crippen molar-refractivity contribution in [1.29, 1.82) is 0 Å². The number of anilines is 1. The number of pyridine rings is 1. The molecule has 5 aromatic rings. The van der Waals surface area contributed by atoms with Gasteiger partial charge in [0.1, 0.15) is 23.2 Å². The number of imidazole rings is 2. The molecule has 5 rings (SSSR count). The fourth-order valence-electron chi connectivity index (χ4n) is 4.30. The number of aromatic amines is 2. The minimum Gasteiger partial charge on any atom is -0.496 e. The second kappa shape index (κ2) is 9.94. The first-order valence-corrected chi connectivity index (χ1v) is 12.2. The topological polar surface area (TPSA) is 138 Å². The minimum atomic E-state index is -1.07. The summed E-state index contributed by atoms with van der Waals surface area (Å²) in [6.07, 6.45) is 6.83. The predicted octanol–water partition coefficient (Wildman–Crippen LogP) is 4.29. The Morgan fingerprint density at radius 3 is 2.84 bits per heavy atom. The van der Waals surface area contributed by atoms with Crippen molar-refractivity contribution in [3.05, 3.63) is 87.3 Å². The van der Waals surface area contributed by atoms with Gasteiger partial charge in [-0.15, -0.1) is 0 Å². The minimum absolute atomic E-state index is 0.123. The number of rotatable bonds is 8. The van der Waals surface area contributed by atoms with Crippen molar-refractivity contribution in [3.8, 4) is 22.8 Å². The number of aliphatic carboxylic acids is 1. The molecule has 0 aliphatic carbocycles. The molecule has 3 aromatic heterocycles. The van der Waals surface area contributed by atoms with Crippen molar-refractivity contribution in [2.24, 2.45) is 0 Å². The quantitative estimate of drug-likeness (QED) is 0.221. The van der Waals surface area contributed by atoms with Crippen LogP contribution in [0.25, 0.3) is 28.1 Å². The predicted molar refractivity (Wildman–Crippen MR) is 143 cm³/mol. The van der Waals surface area contributed by atoms with Crippen LogP contribution in [-0.2, 0) is 11.2 Å². The molecule has 0 amide bonds. The SMILES string of the molecule is COc1ccc(Br)cc1C[C@H](Nc1cc[nH]c(=O)c1-c1nc2c(C)cc(-n3ccnc3)cc2[nH]1)C(=O)O. The molecule has 0 saturated carbocycles. The summed E-state index contributed by atoms with van der Waals surface area (Å²) in [6.45, 7) is 1.94. The van der Waals surface area contributed by atoms with Gasteiger partial charge >= 0.3 is 5.97 Å². The van der Waals surface area contributed by atoms with Crippen molar-refractivity contribution < 1.29 is 14.6 Å². The van der Waals surface area contributed by atoms with Gasteiger partial charge < -0.3 is 29.7 Å². The van der Waals surface area contributed by atoms with Crippen LogP contribution in [0.3, 0.4) is 0 Å². The number of ether oxygens (including phenoxy) is 1. The first-order chi connectivity index (χ1) is 17.8. The Labute approximate surface area is 219 Å². The Morgan fingerprint density at radius 1 is 1.27 bits per heavy atom. The van der Waals surface area contributed by atoms with E-state index in [4.69, 9.17) is 4.74 Å². The molecule has 37 heavy (non-hydrogen) atoms. The zero-order valence-electron chi connectivity index (χ0n) is 19.9. The third-order valence-corrected chi connectivity index (χ3v) is 6.55.